The van der Waals surface area contributed by atoms with Crippen LogP contribution in [0.4, 0.5) is 0 Å². The summed E-state index contributed by atoms with van der Waals surface area (Å²) in [6.07, 6.45) is 0. The van der Waals surface area contributed by atoms with Crippen molar-refractivity contribution in [1.29, 1.82) is 0 Å². The number of nitrogens with two attached hydrogens (primary N) is 1. The van der Waals surface area contributed by atoms with Gasteiger partial charge < -0.3 is 15.2 Å². The van der Waals surface area contributed by atoms with E-state index in [1.807, 2.05) is 31.2 Å². The van der Waals surface area contributed by atoms with Crippen LogP contribution in [0.15, 0.2) is 24.3 Å². The van der Waals surface area contributed by atoms with Crippen LogP contribution >= 0.6 is 12.2 Å². The number of rotatable bonds is 7. The molecule has 0 aromatic heterocycles. The Morgan fingerprint density at radius 1 is 1.19 bits per heavy atom. The zero-order valence-corrected chi connectivity index (χ0v) is 10.3. The molecule has 0 bridgehead atoms. The van der Waals surface area contributed by atoms with E-state index >= 15 is 0 Å². The molecule has 3 nitrogen and oxygen atoms in total. The molecule has 0 spiro atoms. The van der Waals surface area contributed by atoms with Crippen molar-refractivity contribution < 1.29 is 9.47 Å². The molecule has 0 aliphatic rings. The summed E-state index contributed by atoms with van der Waals surface area (Å²) in [5, 5.41) is 0. The van der Waals surface area contributed by atoms with Gasteiger partial charge in [-0.25, -0.2) is 0 Å². The fourth-order valence-electron chi connectivity index (χ4n) is 1.22. The number of thiocarbonyl (C=S) groups is 1. The number of hydrogen-bond acceptors (Lipinski definition) is 3. The fourth-order valence-corrected chi connectivity index (χ4v) is 1.35. The van der Waals surface area contributed by atoms with Crippen LogP contribution < -0.4 is 5.73 Å². The highest BCUT2D eigenvalue weighted by Gasteiger charge is 1.97. The monoisotopic (exact) mass is 239 g/mol. The van der Waals surface area contributed by atoms with Gasteiger partial charge in [0.2, 0.25) is 0 Å². The Kier molecular flexibility index (Phi) is 6.00. The highest BCUT2D eigenvalue weighted by atomic mass is 32.1. The van der Waals surface area contributed by atoms with Crippen LogP contribution in [0, 0.1) is 0 Å². The maximum Gasteiger partial charge on any atom is 0.103 e. The molecule has 0 amide bonds. The average Bonchev–Trinajstić information content (AvgIpc) is 2.29. The first-order chi connectivity index (χ1) is 7.74. The molecule has 2 N–H and O–H groups in total. The average molecular weight is 239 g/mol. The summed E-state index contributed by atoms with van der Waals surface area (Å²) in [6, 6.07) is 7.75. The van der Waals surface area contributed by atoms with Crippen molar-refractivity contribution in [3.8, 4) is 0 Å². The van der Waals surface area contributed by atoms with Gasteiger partial charge in [-0.15, -0.1) is 0 Å². The highest BCUT2D eigenvalue weighted by Crippen LogP contribution is 2.05. The van der Waals surface area contributed by atoms with Crippen LogP contribution in [0.2, 0.25) is 0 Å². The van der Waals surface area contributed by atoms with Crippen LogP contribution in [0.25, 0.3) is 0 Å². The van der Waals surface area contributed by atoms with E-state index in [4.69, 9.17) is 27.4 Å². The zero-order valence-electron chi connectivity index (χ0n) is 9.44. The molecule has 1 rings (SSSR count). The fraction of sp³-hybridized carbons (Fsp3) is 0.417. The summed E-state index contributed by atoms with van der Waals surface area (Å²) in [5.41, 5.74) is 7.49. The Labute approximate surface area is 102 Å². The Balaban J connectivity index is 2.29. The third kappa shape index (κ3) is 4.70. The van der Waals surface area contributed by atoms with Crippen molar-refractivity contribution in [2.24, 2.45) is 5.73 Å². The number of benzene rings is 1. The molecule has 0 heterocycles. The predicted molar refractivity (Wildman–Crippen MR) is 68.5 cm³/mol. The van der Waals surface area contributed by atoms with Gasteiger partial charge in [0, 0.05) is 12.2 Å². The minimum absolute atomic E-state index is 0.420. The van der Waals surface area contributed by atoms with Crippen LogP contribution in [-0.2, 0) is 16.1 Å². The van der Waals surface area contributed by atoms with Gasteiger partial charge in [-0.2, -0.15) is 0 Å². The van der Waals surface area contributed by atoms with Crippen molar-refractivity contribution >= 4 is 17.2 Å². The predicted octanol–water partition coefficient (Wildman–Crippen LogP) is 1.87. The van der Waals surface area contributed by atoms with E-state index in [-0.39, 0.29) is 0 Å². The van der Waals surface area contributed by atoms with Gasteiger partial charge in [-0.3, -0.25) is 0 Å². The van der Waals surface area contributed by atoms with Gasteiger partial charge in [0.1, 0.15) is 4.99 Å². The normalized spacial score (nSPS) is 10.3. The van der Waals surface area contributed by atoms with Gasteiger partial charge in [0.25, 0.3) is 0 Å². The summed E-state index contributed by atoms with van der Waals surface area (Å²) in [5.74, 6) is 0. The van der Waals surface area contributed by atoms with Crippen LogP contribution in [0.3, 0.4) is 0 Å². The Bertz CT molecular complexity index is 324. The third-order valence-corrected chi connectivity index (χ3v) is 2.32. The standard InChI is InChI=1S/C12H17NO2S/c1-2-14-7-8-15-9-10-3-5-11(6-4-10)12(13)16/h3-6H,2,7-9H2,1H3,(H2,13,16). The summed E-state index contributed by atoms with van der Waals surface area (Å²) in [7, 11) is 0. The van der Waals surface area contributed by atoms with Crippen molar-refractivity contribution in [3.63, 3.8) is 0 Å². The highest BCUT2D eigenvalue weighted by molar-refractivity contribution is 7.80. The van der Waals surface area contributed by atoms with Crippen LogP contribution in [-0.4, -0.2) is 24.8 Å². The largest absolute Gasteiger partial charge is 0.389 e. The lowest BCUT2D eigenvalue weighted by Gasteiger charge is -2.05. The van der Waals surface area contributed by atoms with Crippen molar-refractivity contribution in [3.05, 3.63) is 35.4 Å². The lowest BCUT2D eigenvalue weighted by atomic mass is 10.1. The topological polar surface area (TPSA) is 44.5 Å². The molecule has 0 saturated heterocycles. The lowest BCUT2D eigenvalue weighted by molar-refractivity contribution is 0.0453. The van der Waals surface area contributed by atoms with E-state index in [1.165, 1.54) is 0 Å². The molecule has 1 aromatic carbocycles. The second-order valence-electron chi connectivity index (χ2n) is 3.31. The lowest BCUT2D eigenvalue weighted by Crippen LogP contribution is -2.09. The molecule has 0 fully saturated rings. The molecular formula is C12H17NO2S. The number of ether oxygens (including phenoxy) is 2. The third-order valence-electron chi connectivity index (χ3n) is 2.08. The zero-order chi connectivity index (χ0) is 11.8. The summed E-state index contributed by atoms with van der Waals surface area (Å²) in [6.45, 7) is 4.54. The van der Waals surface area contributed by atoms with Crippen molar-refractivity contribution in [2.45, 2.75) is 13.5 Å². The molecule has 0 aliphatic carbocycles. The second-order valence-corrected chi connectivity index (χ2v) is 3.75. The van der Waals surface area contributed by atoms with Gasteiger partial charge in [-0.05, 0) is 12.5 Å². The maximum atomic E-state index is 5.50. The first-order valence-corrected chi connectivity index (χ1v) is 5.69. The van der Waals surface area contributed by atoms with E-state index in [1.54, 1.807) is 0 Å². The van der Waals surface area contributed by atoms with Crippen molar-refractivity contribution in [2.75, 3.05) is 19.8 Å². The van der Waals surface area contributed by atoms with Crippen LogP contribution in [0.5, 0.6) is 0 Å². The van der Waals surface area contributed by atoms with E-state index in [2.05, 4.69) is 0 Å². The van der Waals surface area contributed by atoms with Gasteiger partial charge in [0.15, 0.2) is 0 Å². The molecule has 4 heteroatoms. The molecule has 88 valence electrons. The molecule has 0 atom stereocenters. The SMILES string of the molecule is CCOCCOCc1ccc(C(N)=S)cc1. The minimum atomic E-state index is 0.420. The van der Waals surface area contributed by atoms with Gasteiger partial charge >= 0.3 is 0 Å². The number of hydrogen-bond donors (Lipinski definition) is 1. The van der Waals surface area contributed by atoms with E-state index in [0.717, 1.165) is 17.7 Å². The molecule has 0 saturated carbocycles. The summed E-state index contributed by atoms with van der Waals surface area (Å²) >= 11 is 4.87. The maximum absolute atomic E-state index is 5.50. The summed E-state index contributed by atoms with van der Waals surface area (Å²) < 4.78 is 10.6. The molecule has 0 aliphatic heterocycles. The Morgan fingerprint density at radius 3 is 2.38 bits per heavy atom. The molecular weight excluding hydrogens is 222 g/mol. The molecule has 0 unspecified atom stereocenters. The molecule has 16 heavy (non-hydrogen) atoms. The van der Waals surface area contributed by atoms with Gasteiger partial charge in [0.05, 0.1) is 19.8 Å². The Hall–Kier alpha value is -0.970. The van der Waals surface area contributed by atoms with E-state index in [0.29, 0.717) is 24.8 Å². The first-order valence-electron chi connectivity index (χ1n) is 5.28. The smallest absolute Gasteiger partial charge is 0.103 e. The van der Waals surface area contributed by atoms with E-state index in [9.17, 15) is 0 Å². The first kappa shape index (κ1) is 13.1. The quantitative estimate of drug-likeness (QED) is 0.583. The minimum Gasteiger partial charge on any atom is -0.389 e. The molecule has 0 radical (unpaired) electrons. The Morgan fingerprint density at radius 2 is 1.81 bits per heavy atom. The van der Waals surface area contributed by atoms with E-state index < -0.39 is 0 Å². The van der Waals surface area contributed by atoms with Gasteiger partial charge in [-0.1, -0.05) is 36.5 Å². The second kappa shape index (κ2) is 7.33. The van der Waals surface area contributed by atoms with Crippen molar-refractivity contribution in [1.82, 2.24) is 0 Å². The molecule has 1 aromatic rings. The van der Waals surface area contributed by atoms with Crippen LogP contribution in [0.1, 0.15) is 18.1 Å². The summed E-state index contributed by atoms with van der Waals surface area (Å²) in [4.78, 5) is 0.420.